The molecule has 1 atom stereocenters. The van der Waals surface area contributed by atoms with E-state index in [1.807, 2.05) is 6.92 Å². The van der Waals surface area contributed by atoms with Gasteiger partial charge < -0.3 is 10.1 Å². The molecule has 1 aliphatic carbocycles. The van der Waals surface area contributed by atoms with Crippen LogP contribution in [-0.4, -0.2) is 18.5 Å². The molecule has 5 heteroatoms. The van der Waals surface area contributed by atoms with Gasteiger partial charge in [0.25, 0.3) is 0 Å². The minimum Gasteiger partial charge on any atom is -0.462 e. The zero-order chi connectivity index (χ0) is 17.5. The quantitative estimate of drug-likeness (QED) is 0.532. The maximum Gasteiger partial charge on any atom is 0.341 e. The Labute approximate surface area is 149 Å². The molecule has 0 radical (unpaired) electrons. The number of unbranched alkanes of at least 4 members (excludes halogenated alkanes) is 2. The Hall–Kier alpha value is -1.36. The molecule has 0 aliphatic heterocycles. The summed E-state index contributed by atoms with van der Waals surface area (Å²) in [6, 6.07) is 0. The number of thiophene rings is 1. The molecule has 0 saturated heterocycles. The van der Waals surface area contributed by atoms with Crippen LogP contribution in [0, 0.1) is 5.92 Å². The fourth-order valence-electron chi connectivity index (χ4n) is 3.05. The average Bonchev–Trinajstić information content (AvgIpc) is 2.89. The van der Waals surface area contributed by atoms with Gasteiger partial charge in [0.2, 0.25) is 5.91 Å². The van der Waals surface area contributed by atoms with Crippen LogP contribution in [0.25, 0.3) is 0 Å². The first-order chi connectivity index (χ1) is 11.6. The van der Waals surface area contributed by atoms with Crippen LogP contribution in [0.15, 0.2) is 0 Å². The summed E-state index contributed by atoms with van der Waals surface area (Å²) in [5.41, 5.74) is 1.71. The summed E-state index contributed by atoms with van der Waals surface area (Å²) in [7, 11) is 0. The van der Waals surface area contributed by atoms with Gasteiger partial charge in [-0.15, -0.1) is 11.3 Å². The molecule has 0 unspecified atom stereocenters. The van der Waals surface area contributed by atoms with Crippen molar-refractivity contribution in [1.82, 2.24) is 0 Å². The molecular formula is C19H29NO3S. The van der Waals surface area contributed by atoms with Crippen LogP contribution in [0.2, 0.25) is 0 Å². The first-order valence-corrected chi connectivity index (χ1v) is 9.99. The Kier molecular flexibility index (Phi) is 7.28. The fraction of sp³-hybridized carbons (Fsp3) is 0.684. The van der Waals surface area contributed by atoms with Crippen molar-refractivity contribution in [3.63, 3.8) is 0 Å². The third-order valence-corrected chi connectivity index (χ3v) is 5.58. The molecule has 4 nitrogen and oxygen atoms in total. The zero-order valence-corrected chi connectivity index (χ0v) is 15.9. The summed E-state index contributed by atoms with van der Waals surface area (Å²) in [4.78, 5) is 25.9. The van der Waals surface area contributed by atoms with Gasteiger partial charge in [-0.2, -0.15) is 0 Å². The van der Waals surface area contributed by atoms with Crippen molar-refractivity contribution in [3.8, 4) is 0 Å². The predicted molar refractivity (Wildman–Crippen MR) is 98.9 cm³/mol. The minimum absolute atomic E-state index is 0.000336. The lowest BCUT2D eigenvalue weighted by atomic mass is 9.88. The number of rotatable bonds is 8. The number of ether oxygens (including phenoxy) is 1. The lowest BCUT2D eigenvalue weighted by molar-refractivity contribution is -0.116. The van der Waals surface area contributed by atoms with Crippen molar-refractivity contribution in [2.24, 2.45) is 5.92 Å². The molecule has 24 heavy (non-hydrogen) atoms. The number of carbonyl (C=O) groups is 2. The molecule has 2 rings (SSSR count). The zero-order valence-electron chi connectivity index (χ0n) is 15.1. The standard InChI is InChI=1S/C19H29NO3S/c1-4-6-7-8-16(21)20-18-17(19(22)23-11-5-2)14-10-9-13(3)12-15(14)24-18/h13H,4-12H2,1-3H3,(H,20,21)/t13-/m1/s1. The Morgan fingerprint density at radius 1 is 1.25 bits per heavy atom. The van der Waals surface area contributed by atoms with E-state index in [1.165, 1.54) is 4.88 Å². The summed E-state index contributed by atoms with van der Waals surface area (Å²) < 4.78 is 5.37. The summed E-state index contributed by atoms with van der Waals surface area (Å²) in [5, 5.41) is 3.67. The van der Waals surface area contributed by atoms with Crippen molar-refractivity contribution < 1.29 is 14.3 Å². The van der Waals surface area contributed by atoms with E-state index in [1.54, 1.807) is 11.3 Å². The third kappa shape index (κ3) is 4.82. The molecule has 134 valence electrons. The number of nitrogens with one attached hydrogen (secondary N) is 1. The van der Waals surface area contributed by atoms with Crippen LogP contribution in [0.5, 0.6) is 0 Å². The molecule has 0 spiro atoms. The van der Waals surface area contributed by atoms with Gasteiger partial charge in [0.15, 0.2) is 0 Å². The summed E-state index contributed by atoms with van der Waals surface area (Å²) in [5.74, 6) is 0.344. The second-order valence-corrected chi connectivity index (χ2v) is 7.80. The second-order valence-electron chi connectivity index (χ2n) is 6.70. The van der Waals surface area contributed by atoms with E-state index >= 15 is 0 Å². The normalized spacial score (nSPS) is 16.5. The molecule has 0 aromatic carbocycles. The van der Waals surface area contributed by atoms with Gasteiger partial charge in [-0.05, 0) is 43.6 Å². The van der Waals surface area contributed by atoms with Crippen LogP contribution in [0.3, 0.4) is 0 Å². The molecule has 0 fully saturated rings. The van der Waals surface area contributed by atoms with Crippen LogP contribution < -0.4 is 5.32 Å². The highest BCUT2D eigenvalue weighted by Crippen LogP contribution is 2.40. The third-order valence-electron chi connectivity index (χ3n) is 4.41. The topological polar surface area (TPSA) is 55.4 Å². The second kappa shape index (κ2) is 9.21. The van der Waals surface area contributed by atoms with E-state index < -0.39 is 0 Å². The molecule has 1 heterocycles. The first-order valence-electron chi connectivity index (χ1n) is 9.18. The Morgan fingerprint density at radius 2 is 2.04 bits per heavy atom. The molecule has 1 N–H and O–H groups in total. The molecule has 1 aromatic rings. The largest absolute Gasteiger partial charge is 0.462 e. The van der Waals surface area contributed by atoms with E-state index in [9.17, 15) is 9.59 Å². The lowest BCUT2D eigenvalue weighted by Crippen LogP contribution is -2.16. The van der Waals surface area contributed by atoms with E-state index in [2.05, 4.69) is 19.2 Å². The van der Waals surface area contributed by atoms with E-state index in [4.69, 9.17) is 4.74 Å². The number of hydrogen-bond acceptors (Lipinski definition) is 4. The molecule has 0 bridgehead atoms. The maximum atomic E-state index is 12.5. The number of anilines is 1. The minimum atomic E-state index is -0.284. The molecule has 1 aromatic heterocycles. The summed E-state index contributed by atoms with van der Waals surface area (Å²) >= 11 is 1.56. The number of amides is 1. The van der Waals surface area contributed by atoms with Crippen LogP contribution in [-0.2, 0) is 22.4 Å². The average molecular weight is 352 g/mol. The predicted octanol–water partition coefficient (Wildman–Crippen LogP) is 4.96. The van der Waals surface area contributed by atoms with Crippen LogP contribution >= 0.6 is 11.3 Å². The van der Waals surface area contributed by atoms with Crippen LogP contribution in [0.1, 0.15) is 80.1 Å². The highest BCUT2D eigenvalue weighted by molar-refractivity contribution is 7.17. The Balaban J connectivity index is 2.19. The molecule has 1 aliphatic rings. The first kappa shape index (κ1) is 19.0. The van der Waals surface area contributed by atoms with Crippen molar-refractivity contribution in [2.75, 3.05) is 11.9 Å². The van der Waals surface area contributed by atoms with Gasteiger partial charge in [-0.3, -0.25) is 4.79 Å². The van der Waals surface area contributed by atoms with Crippen molar-refractivity contribution in [3.05, 3.63) is 16.0 Å². The number of hydrogen-bond donors (Lipinski definition) is 1. The van der Waals surface area contributed by atoms with Crippen LogP contribution in [0.4, 0.5) is 5.00 Å². The van der Waals surface area contributed by atoms with Crippen molar-refractivity contribution >= 4 is 28.2 Å². The fourth-order valence-corrected chi connectivity index (χ4v) is 4.46. The number of carbonyl (C=O) groups excluding carboxylic acids is 2. The molecule has 0 saturated carbocycles. The van der Waals surface area contributed by atoms with Gasteiger partial charge >= 0.3 is 5.97 Å². The maximum absolute atomic E-state index is 12.5. The highest BCUT2D eigenvalue weighted by Gasteiger charge is 2.29. The Bertz CT molecular complexity index is 579. The van der Waals surface area contributed by atoms with Crippen molar-refractivity contribution in [2.45, 2.75) is 72.1 Å². The lowest BCUT2D eigenvalue weighted by Gasteiger charge is -2.18. The Morgan fingerprint density at radius 3 is 2.75 bits per heavy atom. The van der Waals surface area contributed by atoms with E-state index in [0.29, 0.717) is 29.5 Å². The monoisotopic (exact) mass is 351 g/mol. The van der Waals surface area contributed by atoms with Gasteiger partial charge in [0.1, 0.15) is 5.00 Å². The van der Waals surface area contributed by atoms with Gasteiger partial charge in [0, 0.05) is 11.3 Å². The van der Waals surface area contributed by atoms with Gasteiger partial charge in [0.05, 0.1) is 12.2 Å². The highest BCUT2D eigenvalue weighted by atomic mass is 32.1. The van der Waals surface area contributed by atoms with Crippen molar-refractivity contribution in [1.29, 1.82) is 0 Å². The van der Waals surface area contributed by atoms with E-state index in [0.717, 1.165) is 50.5 Å². The van der Waals surface area contributed by atoms with Gasteiger partial charge in [-0.1, -0.05) is 33.6 Å². The van der Waals surface area contributed by atoms with Gasteiger partial charge in [-0.25, -0.2) is 4.79 Å². The molecular weight excluding hydrogens is 322 g/mol. The summed E-state index contributed by atoms with van der Waals surface area (Å²) in [6.07, 6.45) is 7.31. The number of esters is 1. The smallest absolute Gasteiger partial charge is 0.341 e. The summed E-state index contributed by atoms with van der Waals surface area (Å²) in [6.45, 7) is 6.76. The number of fused-ring (bicyclic) bond motifs is 1. The molecule has 1 amide bonds. The van der Waals surface area contributed by atoms with E-state index in [-0.39, 0.29) is 11.9 Å². The SMILES string of the molecule is CCCCCC(=O)Nc1sc2c(c1C(=O)OCCC)CC[C@@H](C)C2.